The van der Waals surface area contributed by atoms with Gasteiger partial charge in [-0.3, -0.25) is 43.7 Å². The second-order valence-electron chi connectivity index (χ2n) is 30.9. The fourth-order valence-corrected chi connectivity index (χ4v) is 15.2. The summed E-state index contributed by atoms with van der Waals surface area (Å²) in [5.74, 6) is -1.74. The van der Waals surface area contributed by atoms with E-state index in [9.17, 15) is 54.0 Å². The minimum atomic E-state index is -1.32. The summed E-state index contributed by atoms with van der Waals surface area (Å²) in [6.45, 7) is 15.3. The molecule has 0 bridgehead atoms. The van der Waals surface area contributed by atoms with Crippen LogP contribution in [0.15, 0.2) is 165 Å². The Balaban J connectivity index is 0.000000204. The molecule has 34 heteroatoms. The molecule has 119 heavy (non-hydrogen) atoms. The van der Waals surface area contributed by atoms with E-state index in [0.717, 1.165) is 45.8 Å². The number of aliphatic hydroxyl groups excluding tert-OH is 4. The summed E-state index contributed by atoms with van der Waals surface area (Å²) in [7, 11) is -1.32. The molecule has 6 aromatic heterocycles. The number of rotatable bonds is 28. The summed E-state index contributed by atoms with van der Waals surface area (Å²) in [6.07, 6.45) is 14.7. The molecule has 3 saturated heterocycles. The number of amides is 7. The van der Waals surface area contributed by atoms with E-state index in [1.807, 2.05) is 12.1 Å². The van der Waals surface area contributed by atoms with Gasteiger partial charge in [0.25, 0.3) is 17.7 Å². The first-order valence-electron chi connectivity index (χ1n) is 39.0. The highest BCUT2D eigenvalue weighted by atomic mass is 35.5. The normalized spacial score (nSPS) is 15.9. The number of likely N-dealkylation sites (tertiary alicyclic amines) is 3. The molecule has 0 saturated carbocycles. The van der Waals surface area contributed by atoms with Crippen molar-refractivity contribution in [2.24, 2.45) is 11.5 Å². The molecule has 9 aromatic rings. The maximum absolute atomic E-state index is 14.1. The van der Waals surface area contributed by atoms with Gasteiger partial charge in [0, 0.05) is 178 Å². The van der Waals surface area contributed by atoms with Gasteiger partial charge in [0.1, 0.15) is 72.6 Å². The smallest absolute Gasteiger partial charge is 0.407 e. The molecule has 3 unspecified atom stereocenters. The Labute approximate surface area is 718 Å². The van der Waals surface area contributed by atoms with Crippen LogP contribution in [0.1, 0.15) is 176 Å². The Morgan fingerprint density at radius 3 is 1.31 bits per heavy atom. The van der Waals surface area contributed by atoms with Crippen LogP contribution in [0.4, 0.5) is 4.79 Å². The average Bonchev–Trinajstić information content (AvgIpc) is 1.65. The molecular weight excluding hydrogens is 1640 g/mol. The van der Waals surface area contributed by atoms with E-state index < -0.39 is 62.9 Å². The number of hydrogen-bond donors (Lipinski definition) is 11. The standard InChI is InChI=1S/C35H48ClN5O6Si.C25H28ClN5O4.C24H26ClN5O3.CH2Cl2/c1-35(2,3)47-34(45)39-20-24-11-12-28(36)17-26(24)21-38-32(43)29-10-8-14-41(29)33(44)30-18-27(31(42)25-9-7-13-37-19-25)22-40(30)23-46-15-16-48(4,5)6;26-20-6-5-16(11-27)18(9-20)13-29-24(34)21-4-2-8-31(21)25(35)22-10-19(14-30(22)15-32)23(33)17-3-1-7-28-12-17;25-19-6-5-15(11-26)17(9-19)13-29-23(32)21-4-2-8-30(21)24(33)20-10-18(14-28-20)22(31)16-3-1-7-27-12-16;2-1-3/h7,9,11-13,17-19,22,29,31,42H,8,10,14-16,20-21,23H2,1-6H3,(H,38,43)(H,39,45);1,3,5-7,9-10,12,14,21,23,32-33H,2,4,8,11,13,15,27H2,(H,29,34);1,3,5-7,9-10,12,14,21-22,28,31H,2,4,8,11,13,26H2,(H,29,32);1H2/t29-,31?;21-,23?;21-,22?;/m000./s1. The first-order valence-corrected chi connectivity index (χ1v) is 44.9. The van der Waals surface area contributed by atoms with E-state index >= 15 is 0 Å². The number of nitrogens with one attached hydrogen (secondary N) is 5. The Morgan fingerprint density at radius 2 is 0.916 bits per heavy atom. The number of aliphatic hydroxyl groups is 4. The van der Waals surface area contributed by atoms with Crippen molar-refractivity contribution in [2.45, 2.75) is 180 Å². The number of halogens is 5. The lowest BCUT2D eigenvalue weighted by Gasteiger charge is -2.25. The molecule has 28 nitrogen and oxygen atoms in total. The summed E-state index contributed by atoms with van der Waals surface area (Å²) >= 11 is 28.0. The van der Waals surface area contributed by atoms with Gasteiger partial charge in [-0.15, -0.1) is 23.2 Å². The third-order valence-corrected chi connectivity index (χ3v) is 22.5. The van der Waals surface area contributed by atoms with Crippen molar-refractivity contribution in [3.05, 3.63) is 264 Å². The maximum Gasteiger partial charge on any atom is 0.407 e. The van der Waals surface area contributed by atoms with Crippen molar-refractivity contribution in [1.29, 1.82) is 0 Å². The topological polar surface area (TPSA) is 393 Å². The highest BCUT2D eigenvalue weighted by Crippen LogP contribution is 2.32. The first-order chi connectivity index (χ1) is 56.9. The SMILES string of the molecule is CC(C)(C)OC(=O)NCc1ccc(Cl)cc1CNC(=O)[C@@H]1CCCN1C(=O)c1cc(C(O)c2cccnc2)cn1COCC[Si](C)(C)C.ClCCl.NCc1ccc(Cl)cc1CNC(=O)[C@@H]1CCCN1C(=O)c1cc(C(O)c2cccnc2)c[nH]1.NCc1ccc(Cl)cc1CNC(=O)[C@@H]1CCCN1C(=O)c1cc(C(O)c2cccnc2)cn1CO. The van der Waals surface area contributed by atoms with Crippen molar-refractivity contribution in [1.82, 2.24) is 65.0 Å². The number of pyridine rings is 3. The molecule has 3 aromatic carbocycles. The Bertz CT molecular complexity index is 4880. The van der Waals surface area contributed by atoms with Crippen molar-refractivity contribution in [3.63, 3.8) is 0 Å². The number of carbonyl (C=O) groups is 7. The van der Waals surface area contributed by atoms with Crippen LogP contribution in [-0.2, 0) is 76.6 Å². The van der Waals surface area contributed by atoms with Crippen molar-refractivity contribution in [3.8, 4) is 0 Å². The molecule has 12 rings (SSSR count). The zero-order valence-corrected chi connectivity index (χ0v) is 72.1. The highest BCUT2D eigenvalue weighted by Gasteiger charge is 2.39. The van der Waals surface area contributed by atoms with Gasteiger partial charge in [-0.2, -0.15) is 0 Å². The highest BCUT2D eigenvalue weighted by molar-refractivity contribution is 6.76. The van der Waals surface area contributed by atoms with Crippen molar-refractivity contribution in [2.75, 3.05) is 31.6 Å². The van der Waals surface area contributed by atoms with E-state index in [4.69, 9.17) is 78.9 Å². The van der Waals surface area contributed by atoms with E-state index in [0.29, 0.717) is 131 Å². The van der Waals surface area contributed by atoms with Crippen LogP contribution in [0.5, 0.6) is 0 Å². The first kappa shape index (κ1) is 93.3. The predicted molar refractivity (Wildman–Crippen MR) is 458 cm³/mol. The number of aromatic amines is 1. The minimum absolute atomic E-state index is 0.144. The number of alkyl halides is 2. The Hall–Kier alpha value is -9.57. The predicted octanol–water partition coefficient (Wildman–Crippen LogP) is 11.8. The van der Waals surface area contributed by atoms with Crippen molar-refractivity contribution < 1.29 is 63.5 Å². The molecule has 13 N–H and O–H groups in total. The quantitative estimate of drug-likeness (QED) is 0.0123. The van der Waals surface area contributed by atoms with Crippen LogP contribution < -0.4 is 32.7 Å². The average molecular weight is 1750 g/mol. The van der Waals surface area contributed by atoms with Gasteiger partial charge in [-0.05, 0) is 172 Å². The van der Waals surface area contributed by atoms with Crippen LogP contribution in [0.3, 0.4) is 0 Å². The van der Waals surface area contributed by atoms with Crippen LogP contribution in [-0.4, -0.2) is 169 Å². The summed E-state index contributed by atoms with van der Waals surface area (Å²) < 4.78 is 14.4. The van der Waals surface area contributed by atoms with Gasteiger partial charge in [0.15, 0.2) is 0 Å². The van der Waals surface area contributed by atoms with Gasteiger partial charge in [-0.1, -0.05) is 90.8 Å². The molecule has 0 spiro atoms. The van der Waals surface area contributed by atoms with Crippen LogP contribution in [0.2, 0.25) is 40.8 Å². The van der Waals surface area contributed by atoms with Gasteiger partial charge in [0.2, 0.25) is 17.7 Å². The number of aromatic nitrogens is 6. The Kier molecular flexibility index (Phi) is 35.0. The van der Waals surface area contributed by atoms with Crippen LogP contribution >= 0.6 is 58.0 Å². The molecule has 0 radical (unpaired) electrons. The molecule has 9 heterocycles. The van der Waals surface area contributed by atoms with Gasteiger partial charge in [0.05, 0.1) is 5.34 Å². The van der Waals surface area contributed by atoms with E-state index in [1.54, 1.807) is 182 Å². The number of H-pyrrole nitrogens is 1. The molecule has 6 atom stereocenters. The van der Waals surface area contributed by atoms with E-state index in [2.05, 4.69) is 60.8 Å². The summed E-state index contributed by atoms with van der Waals surface area (Å²) in [5.41, 5.74) is 20.1. The third-order valence-electron chi connectivity index (χ3n) is 20.1. The number of ether oxygens (including phenoxy) is 2. The lowest BCUT2D eigenvalue weighted by molar-refractivity contribution is -0.125. The fourth-order valence-electron chi connectivity index (χ4n) is 13.9. The zero-order valence-electron chi connectivity index (χ0n) is 67.3. The molecule has 3 fully saturated rings. The number of benzene rings is 3. The number of carbonyl (C=O) groups excluding carboxylic acids is 7. The van der Waals surface area contributed by atoms with E-state index in [1.165, 1.54) is 15.7 Å². The minimum Gasteiger partial charge on any atom is -0.444 e. The second-order valence-corrected chi connectivity index (χ2v) is 38.6. The molecule has 636 valence electrons. The molecule has 3 aliphatic rings. The Morgan fingerprint density at radius 1 is 0.529 bits per heavy atom. The maximum atomic E-state index is 14.1. The lowest BCUT2D eigenvalue weighted by atomic mass is 10.1. The number of hydrogen-bond acceptors (Lipinski definition) is 18. The molecule has 3 aliphatic heterocycles. The largest absolute Gasteiger partial charge is 0.444 e. The summed E-state index contributed by atoms with van der Waals surface area (Å²) in [4.78, 5) is 112. The third kappa shape index (κ3) is 26.5. The molecule has 7 amide bonds. The van der Waals surface area contributed by atoms with Gasteiger partial charge >= 0.3 is 6.09 Å². The van der Waals surface area contributed by atoms with Crippen LogP contribution in [0.25, 0.3) is 0 Å². The number of nitrogens with zero attached hydrogens (tertiary/aromatic N) is 8. The lowest BCUT2D eigenvalue weighted by Crippen LogP contribution is -2.46. The monoisotopic (exact) mass is 1750 g/mol. The van der Waals surface area contributed by atoms with Crippen molar-refractivity contribution >= 4 is 108 Å². The second kappa shape index (κ2) is 44.6. The van der Waals surface area contributed by atoms with E-state index in [-0.39, 0.29) is 79.4 Å². The van der Waals surface area contributed by atoms with Crippen LogP contribution in [0, 0.1) is 0 Å². The molecular formula is C85H104Cl5N15O13Si. The summed E-state index contributed by atoms with van der Waals surface area (Å²) in [5, 5.41) is 55.6. The number of alkyl carbamates (subject to hydrolysis) is 1. The number of nitrogens with two attached hydrogens (primary N) is 2. The summed E-state index contributed by atoms with van der Waals surface area (Å²) in [6, 6.07) is 30.4. The van der Waals surface area contributed by atoms with Gasteiger partial charge < -0.3 is 91.5 Å². The van der Waals surface area contributed by atoms with Gasteiger partial charge in [-0.25, -0.2) is 4.79 Å². The molecule has 0 aliphatic carbocycles. The fraction of sp³-hybridized carbons (Fsp3) is 0.388. The zero-order chi connectivity index (χ0) is 86.1.